The van der Waals surface area contributed by atoms with Crippen LogP contribution in [0.1, 0.15) is 62.1 Å². The summed E-state index contributed by atoms with van der Waals surface area (Å²) in [5.74, 6) is -0.722. The molecule has 1 N–H and O–H groups in total. The van der Waals surface area contributed by atoms with E-state index in [2.05, 4.69) is 13.8 Å². The number of hydrogen-bond donors (Lipinski definition) is 1. The first kappa shape index (κ1) is 17.3. The van der Waals surface area contributed by atoms with Crippen molar-refractivity contribution < 1.29 is 19.4 Å². The molecule has 1 atom stereocenters. The van der Waals surface area contributed by atoms with E-state index in [9.17, 15) is 9.59 Å². The number of amides is 1. The number of carboxylic acid groups (broad SMARTS) is 1. The van der Waals surface area contributed by atoms with Crippen LogP contribution in [0, 0.1) is 5.92 Å². The van der Waals surface area contributed by atoms with Crippen LogP contribution in [0.15, 0.2) is 18.2 Å². The van der Waals surface area contributed by atoms with Crippen LogP contribution < -0.4 is 0 Å². The minimum atomic E-state index is -0.927. The van der Waals surface area contributed by atoms with Crippen LogP contribution in [0.3, 0.4) is 0 Å². The third kappa shape index (κ3) is 3.84. The van der Waals surface area contributed by atoms with E-state index in [1.807, 2.05) is 26.8 Å². The second-order valence-corrected chi connectivity index (χ2v) is 7.33. The number of nitrogens with zero attached hydrogens (tertiary/aromatic N) is 1. The van der Waals surface area contributed by atoms with Crippen LogP contribution >= 0.6 is 0 Å². The van der Waals surface area contributed by atoms with Crippen molar-refractivity contribution in [3.05, 3.63) is 34.9 Å². The molecule has 0 spiro atoms. The minimum Gasteiger partial charge on any atom is -0.478 e. The van der Waals surface area contributed by atoms with Crippen LogP contribution in [-0.2, 0) is 11.2 Å². The van der Waals surface area contributed by atoms with Crippen molar-refractivity contribution in [2.75, 3.05) is 6.54 Å². The van der Waals surface area contributed by atoms with Crippen molar-refractivity contribution in [2.24, 2.45) is 5.92 Å². The number of carbonyl (C=O) groups excluding carboxylic acids is 1. The maximum absolute atomic E-state index is 12.5. The highest BCUT2D eigenvalue weighted by molar-refractivity contribution is 5.88. The Morgan fingerprint density at radius 2 is 1.96 bits per heavy atom. The van der Waals surface area contributed by atoms with Gasteiger partial charge in [-0.05, 0) is 56.4 Å². The number of fused-ring (bicyclic) bond motifs is 1. The normalized spacial score (nSPS) is 17.8. The molecule has 1 aromatic carbocycles. The van der Waals surface area contributed by atoms with Crippen LogP contribution in [0.25, 0.3) is 0 Å². The topological polar surface area (TPSA) is 66.8 Å². The quantitative estimate of drug-likeness (QED) is 0.898. The number of carbonyl (C=O) groups is 2. The molecule has 0 fully saturated rings. The SMILES string of the molecule is CC(C)[C@H]1c2ccc(C(=O)O)cc2CCN1C(=O)OC(C)(C)C. The van der Waals surface area contributed by atoms with Gasteiger partial charge in [-0.25, -0.2) is 9.59 Å². The third-order valence-electron chi connectivity index (χ3n) is 3.93. The van der Waals surface area contributed by atoms with Crippen molar-refractivity contribution in [3.8, 4) is 0 Å². The van der Waals surface area contributed by atoms with Gasteiger partial charge < -0.3 is 14.7 Å². The van der Waals surface area contributed by atoms with Crippen molar-refractivity contribution in [1.82, 2.24) is 4.90 Å². The van der Waals surface area contributed by atoms with E-state index in [0.29, 0.717) is 13.0 Å². The monoisotopic (exact) mass is 319 g/mol. The number of hydrogen-bond acceptors (Lipinski definition) is 3. The lowest BCUT2D eigenvalue weighted by atomic mass is 9.85. The lowest BCUT2D eigenvalue weighted by Crippen LogP contribution is -2.44. The molecule has 0 saturated heterocycles. The van der Waals surface area contributed by atoms with E-state index < -0.39 is 11.6 Å². The summed E-state index contributed by atoms with van der Waals surface area (Å²) in [5.41, 5.74) is 1.77. The zero-order chi connectivity index (χ0) is 17.4. The fraction of sp³-hybridized carbons (Fsp3) is 0.556. The van der Waals surface area contributed by atoms with E-state index in [0.717, 1.165) is 11.1 Å². The summed E-state index contributed by atoms with van der Waals surface area (Å²) in [6.07, 6.45) is 0.322. The second-order valence-electron chi connectivity index (χ2n) is 7.33. The van der Waals surface area contributed by atoms with E-state index >= 15 is 0 Å². The molecule has 1 aliphatic rings. The molecule has 0 bridgehead atoms. The summed E-state index contributed by atoms with van der Waals surface area (Å²) in [6, 6.07) is 5.06. The van der Waals surface area contributed by atoms with Gasteiger partial charge in [0.1, 0.15) is 5.60 Å². The molecule has 2 rings (SSSR count). The first-order valence-corrected chi connectivity index (χ1v) is 7.96. The van der Waals surface area contributed by atoms with Crippen molar-refractivity contribution >= 4 is 12.1 Å². The molecule has 0 aliphatic carbocycles. The molecular formula is C18H25NO4. The summed E-state index contributed by atoms with van der Waals surface area (Å²) < 4.78 is 5.53. The smallest absolute Gasteiger partial charge is 0.410 e. The first-order valence-electron chi connectivity index (χ1n) is 7.96. The number of ether oxygens (including phenoxy) is 1. The number of benzene rings is 1. The highest BCUT2D eigenvalue weighted by atomic mass is 16.6. The van der Waals surface area contributed by atoms with E-state index in [4.69, 9.17) is 9.84 Å². The van der Waals surface area contributed by atoms with Crippen molar-refractivity contribution in [2.45, 2.75) is 52.7 Å². The Balaban J connectivity index is 2.36. The molecule has 1 amide bonds. The Kier molecular flexibility index (Phi) is 4.68. The lowest BCUT2D eigenvalue weighted by molar-refractivity contribution is 0.00873. The predicted octanol–water partition coefficient (Wildman–Crippen LogP) is 3.88. The first-order chi connectivity index (χ1) is 10.6. The van der Waals surface area contributed by atoms with Crippen molar-refractivity contribution in [1.29, 1.82) is 0 Å². The standard InChI is InChI=1S/C18H25NO4/c1-11(2)15-14-7-6-13(16(20)21)10-12(14)8-9-19(15)17(22)23-18(3,4)5/h6-7,10-11,15H,8-9H2,1-5H3,(H,20,21)/t15-/m0/s1. The molecule has 0 saturated carbocycles. The van der Waals surface area contributed by atoms with Gasteiger partial charge in [-0.1, -0.05) is 19.9 Å². The highest BCUT2D eigenvalue weighted by Gasteiger charge is 2.35. The molecule has 5 heteroatoms. The zero-order valence-electron chi connectivity index (χ0n) is 14.4. The van der Waals surface area contributed by atoms with Gasteiger partial charge in [0.2, 0.25) is 0 Å². The fourth-order valence-corrected chi connectivity index (χ4v) is 3.04. The van der Waals surface area contributed by atoms with Gasteiger partial charge in [0.05, 0.1) is 11.6 Å². The van der Waals surface area contributed by atoms with E-state index in [-0.39, 0.29) is 23.6 Å². The van der Waals surface area contributed by atoms with Crippen LogP contribution in [-0.4, -0.2) is 34.2 Å². The summed E-state index contributed by atoms with van der Waals surface area (Å²) in [4.78, 5) is 25.4. The van der Waals surface area contributed by atoms with Crippen LogP contribution in [0.4, 0.5) is 4.79 Å². The Bertz CT molecular complexity index is 616. The molecule has 126 valence electrons. The van der Waals surface area contributed by atoms with Crippen LogP contribution in [0.5, 0.6) is 0 Å². The molecule has 0 unspecified atom stereocenters. The Morgan fingerprint density at radius 3 is 2.48 bits per heavy atom. The van der Waals surface area contributed by atoms with Gasteiger partial charge in [-0.15, -0.1) is 0 Å². The largest absolute Gasteiger partial charge is 0.478 e. The molecule has 5 nitrogen and oxygen atoms in total. The number of carboxylic acids is 1. The van der Waals surface area contributed by atoms with Gasteiger partial charge >= 0.3 is 12.1 Å². The zero-order valence-corrected chi connectivity index (χ0v) is 14.4. The van der Waals surface area contributed by atoms with Gasteiger partial charge in [-0.3, -0.25) is 0 Å². The number of rotatable bonds is 2. The fourth-order valence-electron chi connectivity index (χ4n) is 3.04. The molecule has 1 heterocycles. The molecule has 0 radical (unpaired) electrons. The highest BCUT2D eigenvalue weighted by Crippen LogP contribution is 2.36. The average Bonchev–Trinajstić information content (AvgIpc) is 2.43. The summed E-state index contributed by atoms with van der Waals surface area (Å²) in [5, 5.41) is 9.14. The van der Waals surface area contributed by atoms with Crippen LogP contribution in [0.2, 0.25) is 0 Å². The summed E-state index contributed by atoms with van der Waals surface area (Å²) in [7, 11) is 0. The van der Waals surface area contributed by atoms with Gasteiger partial charge in [-0.2, -0.15) is 0 Å². The molecule has 1 aliphatic heterocycles. The van der Waals surface area contributed by atoms with Gasteiger partial charge in [0.25, 0.3) is 0 Å². The summed E-state index contributed by atoms with van der Waals surface area (Å²) in [6.45, 7) is 10.2. The maximum Gasteiger partial charge on any atom is 0.410 e. The molecule has 23 heavy (non-hydrogen) atoms. The maximum atomic E-state index is 12.5. The minimum absolute atomic E-state index is 0.101. The molecular weight excluding hydrogens is 294 g/mol. The van der Waals surface area contributed by atoms with E-state index in [1.54, 1.807) is 17.0 Å². The van der Waals surface area contributed by atoms with E-state index in [1.165, 1.54) is 0 Å². The second kappa shape index (κ2) is 6.22. The van der Waals surface area contributed by atoms with Gasteiger partial charge in [0, 0.05) is 6.54 Å². The summed E-state index contributed by atoms with van der Waals surface area (Å²) >= 11 is 0. The van der Waals surface area contributed by atoms with Crippen molar-refractivity contribution in [3.63, 3.8) is 0 Å². The Morgan fingerprint density at radius 1 is 1.30 bits per heavy atom. The average molecular weight is 319 g/mol. The number of aromatic carboxylic acids is 1. The third-order valence-corrected chi connectivity index (χ3v) is 3.93. The Labute approximate surface area is 137 Å². The van der Waals surface area contributed by atoms with Gasteiger partial charge in [0.15, 0.2) is 0 Å². The lowest BCUT2D eigenvalue weighted by Gasteiger charge is -2.40. The molecule has 0 aromatic heterocycles. The Hall–Kier alpha value is -2.04. The molecule has 1 aromatic rings. The predicted molar refractivity (Wildman–Crippen MR) is 87.6 cm³/mol.